The van der Waals surface area contributed by atoms with E-state index < -0.39 is 17.5 Å². The molecule has 0 fully saturated rings. The predicted octanol–water partition coefficient (Wildman–Crippen LogP) is 7.48. The second-order valence-corrected chi connectivity index (χ2v) is 9.80. The van der Waals surface area contributed by atoms with Gasteiger partial charge in [0.1, 0.15) is 17.2 Å². The van der Waals surface area contributed by atoms with E-state index >= 15 is 0 Å². The monoisotopic (exact) mass is 590 g/mol. The molecule has 8 heteroatoms. The Morgan fingerprint density at radius 3 is 1.70 bits per heavy atom. The highest BCUT2D eigenvalue weighted by molar-refractivity contribution is 5.91. The van der Waals surface area contributed by atoms with Crippen LogP contribution in [0.5, 0.6) is 34.5 Å². The number of phenolic OH excluding ortho intramolecular Hbond substituents is 3. The zero-order valence-electron chi connectivity index (χ0n) is 25.7. The van der Waals surface area contributed by atoms with Crippen LogP contribution >= 0.6 is 0 Å². The number of carbonyl (C=O) groups excluding carboxylic acids is 1. The maximum Gasteiger partial charge on any atom is 0.338 e. The Kier molecular flexibility index (Phi) is 14.3. The van der Waals surface area contributed by atoms with Crippen LogP contribution in [-0.2, 0) is 11.2 Å². The van der Waals surface area contributed by atoms with E-state index in [4.69, 9.17) is 18.9 Å². The molecule has 0 radical (unpaired) electrons. The highest BCUT2D eigenvalue weighted by atomic mass is 16.5. The topological polar surface area (TPSA) is 115 Å². The third kappa shape index (κ3) is 11.5. The molecule has 43 heavy (non-hydrogen) atoms. The second-order valence-electron chi connectivity index (χ2n) is 9.80. The lowest BCUT2D eigenvalue weighted by Crippen LogP contribution is -2.06. The van der Waals surface area contributed by atoms with Crippen LogP contribution in [0.2, 0.25) is 0 Å². The minimum Gasteiger partial charge on any atom is -0.508 e. The molecule has 0 heterocycles. The summed E-state index contributed by atoms with van der Waals surface area (Å²) in [4.78, 5) is 11.5. The van der Waals surface area contributed by atoms with Crippen molar-refractivity contribution in [2.24, 2.45) is 0 Å². The van der Waals surface area contributed by atoms with Gasteiger partial charge in [0.2, 0.25) is 5.75 Å². The van der Waals surface area contributed by atoms with E-state index in [9.17, 15) is 20.1 Å². The molecule has 4 aromatic rings. The number of aromatic hydroxyl groups is 3. The van der Waals surface area contributed by atoms with Gasteiger partial charge in [0.05, 0.1) is 33.5 Å². The van der Waals surface area contributed by atoms with E-state index in [0.717, 1.165) is 24.0 Å². The van der Waals surface area contributed by atoms with Gasteiger partial charge in [-0.1, -0.05) is 57.2 Å². The molecule has 8 nitrogen and oxygen atoms in total. The third-order valence-electron chi connectivity index (χ3n) is 6.23. The smallest absolute Gasteiger partial charge is 0.338 e. The molecule has 3 N–H and O–H groups in total. The van der Waals surface area contributed by atoms with E-state index in [2.05, 4.69) is 26.0 Å². The summed E-state index contributed by atoms with van der Waals surface area (Å²) in [6, 6.07) is 25.9. The minimum atomic E-state index is -0.560. The fourth-order valence-electron chi connectivity index (χ4n) is 3.73. The van der Waals surface area contributed by atoms with Crippen LogP contribution in [0, 0.1) is 0 Å². The van der Waals surface area contributed by atoms with Crippen molar-refractivity contribution < 1.29 is 39.1 Å². The first-order valence-electron chi connectivity index (χ1n) is 13.9. The fraction of sp³-hybridized carbons (Fsp3) is 0.286. The number of rotatable bonds is 9. The van der Waals surface area contributed by atoms with Gasteiger partial charge in [-0.25, -0.2) is 4.79 Å². The standard InChI is InChI=1S/C14H14O2.C11H14O5.C10H14O/c1-16-14-8-4-12(5-9-14)10-11-2-6-13(15)7-3-11;1-3-4-16-11(14)7-5-8(12)10(13)9(6-7)15-2;1-8(2)9-4-6-10(11-3)7-5-9/h2-9,15H,10H2,1H3;5-6,12-13H,3-4H2,1-2H3;4-8H,1-3H3. The molecule has 0 spiro atoms. The summed E-state index contributed by atoms with van der Waals surface area (Å²) in [5, 5.41) is 27.9. The normalized spacial score (nSPS) is 10.0. The largest absolute Gasteiger partial charge is 0.508 e. The summed E-state index contributed by atoms with van der Waals surface area (Å²) in [5.74, 6) is 1.36. The van der Waals surface area contributed by atoms with E-state index in [1.54, 1.807) is 26.4 Å². The highest BCUT2D eigenvalue weighted by Crippen LogP contribution is 2.36. The molecule has 0 atom stereocenters. The summed E-state index contributed by atoms with van der Waals surface area (Å²) in [5.41, 5.74) is 3.90. The lowest BCUT2D eigenvalue weighted by atomic mass is 10.0. The first kappa shape index (κ1) is 34.4. The average molecular weight is 591 g/mol. The molecular weight excluding hydrogens is 548 g/mol. The molecule has 230 valence electrons. The van der Waals surface area contributed by atoms with Crippen molar-refractivity contribution in [3.05, 3.63) is 107 Å². The van der Waals surface area contributed by atoms with Crippen LogP contribution in [0.25, 0.3) is 0 Å². The van der Waals surface area contributed by atoms with Crippen LogP contribution in [0.15, 0.2) is 84.9 Å². The zero-order valence-corrected chi connectivity index (χ0v) is 25.7. The molecule has 0 aromatic heterocycles. The quantitative estimate of drug-likeness (QED) is 0.136. The van der Waals surface area contributed by atoms with Gasteiger partial charge in [-0.05, 0) is 84.0 Å². The molecule has 0 aliphatic carbocycles. The highest BCUT2D eigenvalue weighted by Gasteiger charge is 2.15. The molecule has 0 saturated heterocycles. The minimum absolute atomic E-state index is 0.0310. The van der Waals surface area contributed by atoms with E-state index in [-0.39, 0.29) is 11.3 Å². The molecule has 0 aliphatic rings. The lowest BCUT2D eigenvalue weighted by Gasteiger charge is -2.08. The van der Waals surface area contributed by atoms with Gasteiger partial charge in [-0.2, -0.15) is 0 Å². The number of hydrogen-bond acceptors (Lipinski definition) is 8. The van der Waals surface area contributed by atoms with Crippen LogP contribution in [0.4, 0.5) is 0 Å². The Morgan fingerprint density at radius 1 is 0.721 bits per heavy atom. The first-order valence-corrected chi connectivity index (χ1v) is 13.9. The maximum absolute atomic E-state index is 11.5. The Morgan fingerprint density at radius 2 is 1.23 bits per heavy atom. The summed E-state index contributed by atoms with van der Waals surface area (Å²) in [7, 11) is 4.68. The van der Waals surface area contributed by atoms with Crippen LogP contribution in [-0.4, -0.2) is 49.2 Å². The van der Waals surface area contributed by atoms with Gasteiger partial charge in [0.15, 0.2) is 11.5 Å². The number of phenols is 3. The van der Waals surface area contributed by atoms with Gasteiger partial charge in [-0.15, -0.1) is 0 Å². The number of hydrogen-bond donors (Lipinski definition) is 3. The van der Waals surface area contributed by atoms with Crippen LogP contribution in [0.1, 0.15) is 60.2 Å². The summed E-state index contributed by atoms with van der Waals surface area (Å²) in [6.07, 6.45) is 1.58. The Labute approximate surface area is 254 Å². The third-order valence-corrected chi connectivity index (χ3v) is 6.23. The van der Waals surface area contributed by atoms with Gasteiger partial charge in [0, 0.05) is 0 Å². The Balaban J connectivity index is 0.000000230. The van der Waals surface area contributed by atoms with Crippen molar-refractivity contribution in [1.29, 1.82) is 0 Å². The molecule has 4 rings (SSSR count). The molecule has 0 aliphatic heterocycles. The van der Waals surface area contributed by atoms with Gasteiger partial charge in [0.25, 0.3) is 0 Å². The summed E-state index contributed by atoms with van der Waals surface area (Å²) >= 11 is 0. The zero-order chi connectivity index (χ0) is 31.8. The second kappa shape index (κ2) is 17.9. The van der Waals surface area contributed by atoms with Gasteiger partial charge < -0.3 is 34.3 Å². The van der Waals surface area contributed by atoms with E-state index in [1.165, 1.54) is 29.9 Å². The van der Waals surface area contributed by atoms with Gasteiger partial charge in [-0.3, -0.25) is 0 Å². The fourth-order valence-corrected chi connectivity index (χ4v) is 3.73. The van der Waals surface area contributed by atoms with Crippen molar-refractivity contribution in [1.82, 2.24) is 0 Å². The lowest BCUT2D eigenvalue weighted by molar-refractivity contribution is 0.0504. The summed E-state index contributed by atoms with van der Waals surface area (Å²) in [6.45, 7) is 6.55. The van der Waals surface area contributed by atoms with Crippen LogP contribution < -0.4 is 14.2 Å². The maximum atomic E-state index is 11.5. The Hall–Kier alpha value is -4.85. The number of benzene rings is 4. The number of ether oxygens (including phenoxy) is 4. The molecule has 4 aromatic carbocycles. The number of carbonyl (C=O) groups is 1. The molecule has 0 unspecified atom stereocenters. The molecule has 0 amide bonds. The van der Waals surface area contributed by atoms with E-state index in [1.807, 2.05) is 55.5 Å². The van der Waals surface area contributed by atoms with Crippen molar-refractivity contribution in [3.8, 4) is 34.5 Å². The van der Waals surface area contributed by atoms with Crippen molar-refractivity contribution in [3.63, 3.8) is 0 Å². The Bertz CT molecular complexity index is 1380. The predicted molar refractivity (Wildman–Crippen MR) is 168 cm³/mol. The van der Waals surface area contributed by atoms with E-state index in [0.29, 0.717) is 24.7 Å². The first-order chi connectivity index (χ1) is 20.6. The number of esters is 1. The molecular formula is C35H42O8. The molecule has 0 bridgehead atoms. The molecule has 0 saturated carbocycles. The average Bonchev–Trinajstić information content (AvgIpc) is 3.03. The van der Waals surface area contributed by atoms with Crippen LogP contribution in [0.3, 0.4) is 0 Å². The van der Waals surface area contributed by atoms with Crippen molar-refractivity contribution in [2.45, 2.75) is 39.5 Å². The van der Waals surface area contributed by atoms with Gasteiger partial charge >= 0.3 is 5.97 Å². The van der Waals surface area contributed by atoms with Crippen molar-refractivity contribution in [2.75, 3.05) is 27.9 Å². The number of methoxy groups -OCH3 is 3. The summed E-state index contributed by atoms with van der Waals surface area (Å²) < 4.78 is 19.8. The van der Waals surface area contributed by atoms with Crippen molar-refractivity contribution >= 4 is 5.97 Å². The SMILES string of the molecule is CCCOC(=O)c1cc(O)c(O)c(OC)c1.COc1ccc(C(C)C)cc1.COc1ccc(Cc2ccc(O)cc2)cc1.